The predicted molar refractivity (Wildman–Crippen MR) is 45.6 cm³/mol. The van der Waals surface area contributed by atoms with E-state index in [1.807, 2.05) is 0 Å². The fourth-order valence-electron chi connectivity index (χ4n) is 1.55. The van der Waals surface area contributed by atoms with Gasteiger partial charge in [0.05, 0.1) is 6.61 Å². The Kier molecular flexibility index (Phi) is 3.83. The minimum atomic E-state index is 0.271. The van der Waals surface area contributed by atoms with Crippen molar-refractivity contribution >= 4 is 0 Å². The van der Waals surface area contributed by atoms with Crippen molar-refractivity contribution in [2.24, 2.45) is 0 Å². The Morgan fingerprint density at radius 1 is 1.64 bits per heavy atom. The van der Waals surface area contributed by atoms with E-state index in [-0.39, 0.29) is 6.61 Å². The van der Waals surface area contributed by atoms with E-state index in [2.05, 4.69) is 17.3 Å². The molecule has 11 heavy (non-hydrogen) atoms. The van der Waals surface area contributed by atoms with Gasteiger partial charge >= 0.3 is 0 Å². The van der Waals surface area contributed by atoms with Gasteiger partial charge in [0.1, 0.15) is 0 Å². The number of hydrogen-bond acceptors (Lipinski definition) is 3. The molecule has 1 saturated heterocycles. The Morgan fingerprint density at radius 3 is 3.00 bits per heavy atom. The highest BCUT2D eigenvalue weighted by molar-refractivity contribution is 4.75. The topological polar surface area (TPSA) is 35.5 Å². The second-order valence-corrected chi connectivity index (χ2v) is 3.20. The van der Waals surface area contributed by atoms with Gasteiger partial charge in [-0.2, -0.15) is 0 Å². The maximum absolute atomic E-state index is 8.71. The molecule has 0 aliphatic carbocycles. The molecule has 2 N–H and O–H groups in total. The van der Waals surface area contributed by atoms with Gasteiger partial charge in [-0.3, -0.25) is 4.90 Å². The third-order valence-electron chi connectivity index (χ3n) is 2.35. The summed E-state index contributed by atoms with van der Waals surface area (Å²) in [6.07, 6.45) is 2.53. The second-order valence-electron chi connectivity index (χ2n) is 3.20. The number of rotatable bonds is 3. The maximum atomic E-state index is 8.71. The summed E-state index contributed by atoms with van der Waals surface area (Å²) < 4.78 is 0. The molecule has 3 nitrogen and oxygen atoms in total. The van der Waals surface area contributed by atoms with Gasteiger partial charge in [-0.1, -0.05) is 0 Å². The van der Waals surface area contributed by atoms with Crippen LogP contribution in [-0.2, 0) is 0 Å². The van der Waals surface area contributed by atoms with Crippen molar-refractivity contribution in [2.75, 3.05) is 33.3 Å². The molecule has 0 unspecified atom stereocenters. The molecule has 66 valence electrons. The third kappa shape index (κ3) is 2.77. The predicted octanol–water partition coefficient (Wildman–Crippen LogP) is -0.338. The van der Waals surface area contributed by atoms with Gasteiger partial charge < -0.3 is 10.4 Å². The van der Waals surface area contributed by atoms with Crippen LogP contribution in [0.5, 0.6) is 0 Å². The SMILES string of the molecule is CN(CCO)[C@H]1CCCNC1. The molecular weight excluding hydrogens is 140 g/mol. The Hall–Kier alpha value is -0.120. The van der Waals surface area contributed by atoms with E-state index in [0.29, 0.717) is 6.04 Å². The van der Waals surface area contributed by atoms with Crippen molar-refractivity contribution in [3.05, 3.63) is 0 Å². The van der Waals surface area contributed by atoms with Gasteiger partial charge in [0, 0.05) is 19.1 Å². The van der Waals surface area contributed by atoms with Crippen molar-refractivity contribution < 1.29 is 5.11 Å². The zero-order chi connectivity index (χ0) is 8.10. The maximum Gasteiger partial charge on any atom is 0.0558 e. The number of hydrogen-bond donors (Lipinski definition) is 2. The molecule has 1 heterocycles. The van der Waals surface area contributed by atoms with Gasteiger partial charge in [-0.25, -0.2) is 0 Å². The number of likely N-dealkylation sites (N-methyl/N-ethyl adjacent to an activating group) is 1. The highest BCUT2D eigenvalue weighted by Crippen LogP contribution is 2.07. The summed E-state index contributed by atoms with van der Waals surface area (Å²) in [6, 6.07) is 0.635. The number of aliphatic hydroxyl groups excluding tert-OH is 1. The normalized spacial score (nSPS) is 25.9. The molecule has 1 aliphatic heterocycles. The molecule has 0 amide bonds. The van der Waals surface area contributed by atoms with Crippen molar-refractivity contribution in [1.29, 1.82) is 0 Å². The first-order valence-electron chi connectivity index (χ1n) is 4.36. The van der Waals surface area contributed by atoms with Crippen LogP contribution in [-0.4, -0.2) is 49.3 Å². The fraction of sp³-hybridized carbons (Fsp3) is 1.00. The van der Waals surface area contributed by atoms with E-state index < -0.39 is 0 Å². The minimum absolute atomic E-state index is 0.271. The molecule has 0 aromatic carbocycles. The highest BCUT2D eigenvalue weighted by Gasteiger charge is 2.16. The van der Waals surface area contributed by atoms with Crippen molar-refractivity contribution in [1.82, 2.24) is 10.2 Å². The lowest BCUT2D eigenvalue weighted by Crippen LogP contribution is -2.45. The highest BCUT2D eigenvalue weighted by atomic mass is 16.3. The Balaban J connectivity index is 2.21. The van der Waals surface area contributed by atoms with Crippen LogP contribution in [0.3, 0.4) is 0 Å². The van der Waals surface area contributed by atoms with Crippen LogP contribution in [0, 0.1) is 0 Å². The van der Waals surface area contributed by atoms with E-state index in [1.54, 1.807) is 0 Å². The number of nitrogens with zero attached hydrogens (tertiary/aromatic N) is 1. The van der Waals surface area contributed by atoms with Crippen LogP contribution in [0.2, 0.25) is 0 Å². The molecule has 3 heteroatoms. The summed E-state index contributed by atoms with van der Waals surface area (Å²) in [5.74, 6) is 0. The average Bonchev–Trinajstić information content (AvgIpc) is 2.07. The molecular formula is C8H18N2O. The van der Waals surface area contributed by atoms with Crippen molar-refractivity contribution in [3.63, 3.8) is 0 Å². The van der Waals surface area contributed by atoms with Crippen molar-refractivity contribution in [2.45, 2.75) is 18.9 Å². The summed E-state index contributed by atoms with van der Waals surface area (Å²) >= 11 is 0. The van der Waals surface area contributed by atoms with E-state index in [1.165, 1.54) is 12.8 Å². The van der Waals surface area contributed by atoms with Crippen LogP contribution < -0.4 is 5.32 Å². The van der Waals surface area contributed by atoms with Crippen LogP contribution in [0.4, 0.5) is 0 Å². The van der Waals surface area contributed by atoms with Crippen molar-refractivity contribution in [3.8, 4) is 0 Å². The average molecular weight is 158 g/mol. The van der Waals surface area contributed by atoms with Crippen LogP contribution in [0.25, 0.3) is 0 Å². The summed E-state index contributed by atoms with van der Waals surface area (Å²) in [4.78, 5) is 2.23. The first-order valence-corrected chi connectivity index (χ1v) is 4.36. The van der Waals surface area contributed by atoms with Gasteiger partial charge in [0.15, 0.2) is 0 Å². The number of piperidine rings is 1. The molecule has 0 spiro atoms. The quantitative estimate of drug-likeness (QED) is 0.590. The molecule has 0 bridgehead atoms. The molecule has 1 atom stereocenters. The molecule has 0 saturated carbocycles. The zero-order valence-corrected chi connectivity index (χ0v) is 7.21. The van der Waals surface area contributed by atoms with E-state index in [0.717, 1.165) is 19.6 Å². The first-order chi connectivity index (χ1) is 5.34. The van der Waals surface area contributed by atoms with E-state index in [4.69, 9.17) is 5.11 Å². The Bertz CT molecular complexity index is 102. The molecule has 0 aromatic heterocycles. The van der Waals surface area contributed by atoms with Gasteiger partial charge in [-0.05, 0) is 26.4 Å². The van der Waals surface area contributed by atoms with E-state index in [9.17, 15) is 0 Å². The number of aliphatic hydroxyl groups is 1. The lowest BCUT2D eigenvalue weighted by atomic mass is 10.1. The van der Waals surface area contributed by atoms with E-state index >= 15 is 0 Å². The third-order valence-corrected chi connectivity index (χ3v) is 2.35. The first kappa shape index (κ1) is 8.97. The van der Waals surface area contributed by atoms with Crippen LogP contribution in [0.15, 0.2) is 0 Å². The zero-order valence-electron chi connectivity index (χ0n) is 7.21. The monoisotopic (exact) mass is 158 g/mol. The van der Waals surface area contributed by atoms with Gasteiger partial charge in [-0.15, -0.1) is 0 Å². The molecule has 1 fully saturated rings. The summed E-state index contributed by atoms with van der Waals surface area (Å²) in [7, 11) is 2.08. The lowest BCUT2D eigenvalue weighted by molar-refractivity contribution is 0.159. The van der Waals surface area contributed by atoms with Gasteiger partial charge in [0.25, 0.3) is 0 Å². The Morgan fingerprint density at radius 2 is 2.45 bits per heavy atom. The number of nitrogens with one attached hydrogen (secondary N) is 1. The standard InChI is InChI=1S/C8H18N2O/c1-10(5-6-11)8-3-2-4-9-7-8/h8-9,11H,2-7H2,1H3/t8-/m0/s1. The van der Waals surface area contributed by atoms with Gasteiger partial charge in [0.2, 0.25) is 0 Å². The smallest absolute Gasteiger partial charge is 0.0558 e. The molecule has 1 aliphatic rings. The lowest BCUT2D eigenvalue weighted by Gasteiger charge is -2.31. The molecule has 1 rings (SSSR count). The summed E-state index contributed by atoms with van der Waals surface area (Å²) in [5, 5.41) is 12.1. The Labute approximate surface area is 68.4 Å². The summed E-state index contributed by atoms with van der Waals surface area (Å²) in [5.41, 5.74) is 0. The second kappa shape index (κ2) is 4.70. The largest absolute Gasteiger partial charge is 0.395 e. The minimum Gasteiger partial charge on any atom is -0.395 e. The van der Waals surface area contributed by atoms with Crippen LogP contribution in [0.1, 0.15) is 12.8 Å². The summed E-state index contributed by atoms with van der Waals surface area (Å²) in [6.45, 7) is 3.30. The molecule has 0 aromatic rings. The van der Waals surface area contributed by atoms with Crippen LogP contribution >= 0.6 is 0 Å². The molecule has 0 radical (unpaired) electrons. The fourth-order valence-corrected chi connectivity index (χ4v) is 1.55.